The molecule has 1 N–H and O–H groups in total. The minimum absolute atomic E-state index is 0.120. The van der Waals surface area contributed by atoms with Crippen LogP contribution in [0.1, 0.15) is 36.7 Å². The molecular formula is C19H21F3N2O3. The summed E-state index contributed by atoms with van der Waals surface area (Å²) in [5.41, 5.74) is 1.56. The smallest absolute Gasteiger partial charge is 0.422 e. The molecule has 5 nitrogen and oxygen atoms in total. The minimum Gasteiger partial charge on any atom is -0.495 e. The van der Waals surface area contributed by atoms with E-state index in [1.165, 1.54) is 19.2 Å². The number of hydrogen-bond donors (Lipinski definition) is 1. The predicted octanol–water partition coefficient (Wildman–Crippen LogP) is 4.58. The second kappa shape index (κ2) is 7.85. The Morgan fingerprint density at radius 2 is 1.85 bits per heavy atom. The molecule has 1 aromatic carbocycles. The molecule has 0 atom stereocenters. The second-order valence-corrected chi connectivity index (χ2v) is 6.91. The average molecular weight is 382 g/mol. The summed E-state index contributed by atoms with van der Waals surface area (Å²) < 4.78 is 46.3. The van der Waals surface area contributed by atoms with Gasteiger partial charge in [0.15, 0.2) is 6.61 Å². The highest BCUT2D eigenvalue weighted by molar-refractivity contribution is 6.04. The van der Waals surface area contributed by atoms with Crippen molar-refractivity contribution in [1.82, 2.24) is 4.98 Å². The van der Waals surface area contributed by atoms with Crippen LogP contribution < -0.4 is 14.8 Å². The molecule has 0 spiro atoms. The van der Waals surface area contributed by atoms with Gasteiger partial charge in [-0.1, -0.05) is 26.8 Å². The lowest BCUT2D eigenvalue weighted by Crippen LogP contribution is -2.20. The maximum absolute atomic E-state index is 12.4. The highest BCUT2D eigenvalue weighted by Gasteiger charge is 2.28. The van der Waals surface area contributed by atoms with Crippen LogP contribution in [-0.4, -0.2) is 30.8 Å². The zero-order chi connectivity index (χ0) is 20.2. The Morgan fingerprint density at radius 3 is 2.37 bits per heavy atom. The molecule has 0 fully saturated rings. The summed E-state index contributed by atoms with van der Waals surface area (Å²) in [6, 6.07) is 8.06. The van der Waals surface area contributed by atoms with E-state index >= 15 is 0 Å². The SMILES string of the molecule is COc1ccc(C(C)(C)C)cc1NC(=O)c1ccc(OCC(F)(F)F)nc1. The number of amides is 1. The van der Waals surface area contributed by atoms with Crippen LogP contribution in [0.3, 0.4) is 0 Å². The number of methoxy groups -OCH3 is 1. The molecule has 2 rings (SSSR count). The van der Waals surface area contributed by atoms with Gasteiger partial charge in [-0.15, -0.1) is 0 Å². The largest absolute Gasteiger partial charge is 0.495 e. The fourth-order valence-electron chi connectivity index (χ4n) is 2.22. The third-order valence-corrected chi connectivity index (χ3v) is 3.70. The topological polar surface area (TPSA) is 60.5 Å². The van der Waals surface area contributed by atoms with Gasteiger partial charge in [0, 0.05) is 12.3 Å². The Bertz CT molecular complexity index is 797. The Hall–Kier alpha value is -2.77. The summed E-state index contributed by atoms with van der Waals surface area (Å²) in [5, 5.41) is 2.74. The maximum Gasteiger partial charge on any atom is 0.422 e. The molecule has 146 valence electrons. The predicted molar refractivity (Wildman–Crippen MR) is 95.4 cm³/mol. The zero-order valence-electron chi connectivity index (χ0n) is 15.5. The molecule has 1 aromatic heterocycles. The van der Waals surface area contributed by atoms with Gasteiger partial charge in [-0.25, -0.2) is 4.98 Å². The van der Waals surface area contributed by atoms with Crippen LogP contribution in [0.15, 0.2) is 36.5 Å². The Labute approximate surface area is 155 Å². The number of benzene rings is 1. The van der Waals surface area contributed by atoms with E-state index in [2.05, 4.69) is 15.0 Å². The number of ether oxygens (including phenoxy) is 2. The molecular weight excluding hydrogens is 361 g/mol. The van der Waals surface area contributed by atoms with E-state index in [0.29, 0.717) is 11.4 Å². The lowest BCUT2D eigenvalue weighted by molar-refractivity contribution is -0.154. The lowest BCUT2D eigenvalue weighted by atomic mass is 9.87. The van der Waals surface area contributed by atoms with Crippen LogP contribution in [0.5, 0.6) is 11.6 Å². The number of anilines is 1. The fourth-order valence-corrected chi connectivity index (χ4v) is 2.22. The first-order valence-corrected chi connectivity index (χ1v) is 8.15. The van der Waals surface area contributed by atoms with Gasteiger partial charge in [0.05, 0.1) is 18.4 Å². The first-order chi connectivity index (χ1) is 12.5. The Balaban J connectivity index is 2.15. The molecule has 0 aliphatic rings. The van der Waals surface area contributed by atoms with Gasteiger partial charge in [-0.05, 0) is 29.2 Å². The Kier molecular flexibility index (Phi) is 5.98. The van der Waals surface area contributed by atoms with Crippen molar-refractivity contribution in [1.29, 1.82) is 0 Å². The van der Waals surface area contributed by atoms with Crippen molar-refractivity contribution in [2.45, 2.75) is 32.4 Å². The molecule has 27 heavy (non-hydrogen) atoms. The van der Waals surface area contributed by atoms with E-state index in [1.54, 1.807) is 6.07 Å². The van der Waals surface area contributed by atoms with E-state index < -0.39 is 18.7 Å². The first kappa shape index (κ1) is 20.5. The highest BCUT2D eigenvalue weighted by Crippen LogP contribution is 2.31. The van der Waals surface area contributed by atoms with E-state index in [9.17, 15) is 18.0 Å². The number of carbonyl (C=O) groups excluding carboxylic acids is 1. The van der Waals surface area contributed by atoms with Gasteiger partial charge in [0.2, 0.25) is 5.88 Å². The van der Waals surface area contributed by atoms with Gasteiger partial charge < -0.3 is 14.8 Å². The van der Waals surface area contributed by atoms with Crippen LogP contribution in [0.25, 0.3) is 0 Å². The molecule has 0 bridgehead atoms. The number of aromatic nitrogens is 1. The number of halogens is 3. The van der Waals surface area contributed by atoms with Crippen molar-refractivity contribution < 1.29 is 27.4 Å². The summed E-state index contributed by atoms with van der Waals surface area (Å²) in [5.74, 6) is -0.181. The molecule has 1 heterocycles. The lowest BCUT2D eigenvalue weighted by Gasteiger charge is -2.21. The van der Waals surface area contributed by atoms with Crippen LogP contribution in [-0.2, 0) is 5.41 Å². The standard InChI is InChI=1S/C19H21F3N2O3/c1-18(2,3)13-6-7-15(26-4)14(9-13)24-17(25)12-5-8-16(23-10-12)27-11-19(20,21)22/h5-10H,11H2,1-4H3,(H,24,25). The summed E-state index contributed by atoms with van der Waals surface area (Å²) in [7, 11) is 1.50. The van der Waals surface area contributed by atoms with E-state index in [0.717, 1.165) is 11.8 Å². The fraction of sp³-hybridized carbons (Fsp3) is 0.368. The van der Waals surface area contributed by atoms with E-state index in [1.807, 2.05) is 32.9 Å². The van der Waals surface area contributed by atoms with Gasteiger partial charge in [0.1, 0.15) is 5.75 Å². The Morgan fingerprint density at radius 1 is 1.15 bits per heavy atom. The third kappa shape index (κ3) is 5.87. The van der Waals surface area contributed by atoms with Crippen molar-refractivity contribution >= 4 is 11.6 Å². The normalized spacial score (nSPS) is 11.8. The monoisotopic (exact) mass is 382 g/mol. The molecule has 0 aliphatic carbocycles. The van der Waals surface area contributed by atoms with E-state index in [-0.39, 0.29) is 16.9 Å². The number of nitrogens with one attached hydrogen (secondary N) is 1. The van der Waals surface area contributed by atoms with E-state index in [4.69, 9.17) is 4.74 Å². The summed E-state index contributed by atoms with van der Waals surface area (Å²) in [4.78, 5) is 16.2. The number of hydrogen-bond acceptors (Lipinski definition) is 4. The van der Waals surface area contributed by atoms with Crippen molar-refractivity contribution in [2.24, 2.45) is 0 Å². The van der Waals surface area contributed by atoms with Crippen LogP contribution in [0.4, 0.5) is 18.9 Å². The number of pyridine rings is 1. The molecule has 2 aromatic rings. The second-order valence-electron chi connectivity index (χ2n) is 6.91. The van der Waals surface area contributed by atoms with Gasteiger partial charge in [-0.3, -0.25) is 4.79 Å². The summed E-state index contributed by atoms with van der Waals surface area (Å²) in [6.45, 7) is 4.69. The maximum atomic E-state index is 12.4. The quantitative estimate of drug-likeness (QED) is 0.822. The van der Waals surface area contributed by atoms with Crippen molar-refractivity contribution in [3.63, 3.8) is 0 Å². The van der Waals surface area contributed by atoms with Crippen molar-refractivity contribution in [2.75, 3.05) is 19.0 Å². The van der Waals surface area contributed by atoms with Crippen LogP contribution in [0, 0.1) is 0 Å². The van der Waals surface area contributed by atoms with Crippen molar-refractivity contribution in [3.05, 3.63) is 47.7 Å². The molecule has 0 saturated carbocycles. The molecule has 0 radical (unpaired) electrons. The molecule has 0 unspecified atom stereocenters. The summed E-state index contributed by atoms with van der Waals surface area (Å²) >= 11 is 0. The van der Waals surface area contributed by atoms with Gasteiger partial charge in [-0.2, -0.15) is 13.2 Å². The van der Waals surface area contributed by atoms with Gasteiger partial charge in [0.25, 0.3) is 5.91 Å². The average Bonchev–Trinajstić information content (AvgIpc) is 2.59. The van der Waals surface area contributed by atoms with Crippen LogP contribution >= 0.6 is 0 Å². The zero-order valence-corrected chi connectivity index (χ0v) is 15.5. The molecule has 1 amide bonds. The number of carbonyl (C=O) groups is 1. The number of nitrogens with zero attached hydrogens (tertiary/aromatic N) is 1. The van der Waals surface area contributed by atoms with Gasteiger partial charge >= 0.3 is 6.18 Å². The third-order valence-electron chi connectivity index (χ3n) is 3.70. The molecule has 8 heteroatoms. The number of rotatable bonds is 5. The first-order valence-electron chi connectivity index (χ1n) is 8.15. The highest BCUT2D eigenvalue weighted by atomic mass is 19.4. The minimum atomic E-state index is -4.45. The summed E-state index contributed by atoms with van der Waals surface area (Å²) in [6.07, 6.45) is -3.30. The molecule has 0 saturated heterocycles. The number of alkyl halides is 3. The molecule has 0 aliphatic heterocycles. The van der Waals surface area contributed by atoms with Crippen LogP contribution in [0.2, 0.25) is 0 Å². The van der Waals surface area contributed by atoms with Crippen molar-refractivity contribution in [3.8, 4) is 11.6 Å².